The van der Waals surface area contributed by atoms with Crippen LogP contribution in [0.3, 0.4) is 0 Å². The summed E-state index contributed by atoms with van der Waals surface area (Å²) in [5, 5.41) is 0. The van der Waals surface area contributed by atoms with Gasteiger partial charge in [-0.05, 0) is 38.0 Å². The van der Waals surface area contributed by atoms with Gasteiger partial charge in [-0.3, -0.25) is 14.5 Å². The third-order valence-electron chi connectivity index (χ3n) is 4.13. The zero-order valence-corrected chi connectivity index (χ0v) is 12.9. The van der Waals surface area contributed by atoms with Crippen molar-refractivity contribution in [2.45, 2.75) is 26.7 Å². The molecule has 0 unspecified atom stereocenters. The van der Waals surface area contributed by atoms with Crippen molar-refractivity contribution >= 4 is 17.5 Å². The van der Waals surface area contributed by atoms with Crippen molar-refractivity contribution in [1.29, 1.82) is 0 Å². The summed E-state index contributed by atoms with van der Waals surface area (Å²) in [5.41, 5.74) is 4.08. The van der Waals surface area contributed by atoms with Crippen molar-refractivity contribution in [3.63, 3.8) is 0 Å². The van der Waals surface area contributed by atoms with Crippen LogP contribution in [0, 0.1) is 19.8 Å². The van der Waals surface area contributed by atoms with Crippen LogP contribution in [0.1, 0.15) is 23.1 Å². The van der Waals surface area contributed by atoms with Crippen LogP contribution < -0.4 is 4.90 Å². The predicted molar refractivity (Wildman–Crippen MR) is 86.7 cm³/mol. The average molecular weight is 293 g/mol. The highest BCUT2D eigenvalue weighted by Gasteiger charge is 2.39. The Kier molecular flexibility index (Phi) is 3.80. The number of aryl methyl sites for hydroxylation is 2. The van der Waals surface area contributed by atoms with Crippen molar-refractivity contribution in [1.82, 2.24) is 0 Å². The first-order valence-electron chi connectivity index (χ1n) is 7.53. The molecule has 1 aliphatic rings. The first-order chi connectivity index (χ1) is 10.5. The molecule has 2 aromatic carbocycles. The molecule has 1 atom stereocenters. The van der Waals surface area contributed by atoms with E-state index >= 15 is 0 Å². The van der Waals surface area contributed by atoms with E-state index in [0.29, 0.717) is 18.5 Å². The van der Waals surface area contributed by atoms with E-state index in [1.807, 2.05) is 62.4 Å². The number of hydrogen-bond acceptors (Lipinski definition) is 2. The molecule has 3 nitrogen and oxygen atoms in total. The molecule has 0 aliphatic carbocycles. The minimum atomic E-state index is -0.253. The molecule has 2 amide bonds. The number of anilines is 1. The van der Waals surface area contributed by atoms with E-state index in [2.05, 4.69) is 0 Å². The lowest BCUT2D eigenvalue weighted by atomic mass is 9.97. The summed E-state index contributed by atoms with van der Waals surface area (Å²) in [6.07, 6.45) is 0.911. The van der Waals surface area contributed by atoms with Crippen molar-refractivity contribution in [2.75, 3.05) is 4.90 Å². The number of imide groups is 1. The van der Waals surface area contributed by atoms with Crippen molar-refractivity contribution in [3.05, 3.63) is 65.2 Å². The van der Waals surface area contributed by atoms with E-state index in [1.54, 1.807) is 0 Å². The Hall–Kier alpha value is -2.42. The number of amides is 2. The van der Waals surface area contributed by atoms with Gasteiger partial charge in [-0.2, -0.15) is 0 Å². The molecule has 0 N–H and O–H groups in total. The van der Waals surface area contributed by atoms with Gasteiger partial charge >= 0.3 is 0 Å². The summed E-state index contributed by atoms with van der Waals surface area (Å²) < 4.78 is 0. The second-order valence-corrected chi connectivity index (χ2v) is 5.99. The molecule has 1 saturated heterocycles. The first kappa shape index (κ1) is 14.5. The number of rotatable bonds is 3. The van der Waals surface area contributed by atoms with Gasteiger partial charge in [-0.1, -0.05) is 47.5 Å². The van der Waals surface area contributed by atoms with Gasteiger partial charge in [0.15, 0.2) is 0 Å². The summed E-state index contributed by atoms with van der Waals surface area (Å²) in [5.74, 6) is -0.447. The van der Waals surface area contributed by atoms with Gasteiger partial charge in [0.05, 0.1) is 11.6 Å². The fourth-order valence-electron chi connectivity index (χ4n) is 2.83. The SMILES string of the molecule is Cc1ccc(C[C@H]2CC(=O)N(c3ccc(C)cc3)C2=O)cc1. The summed E-state index contributed by atoms with van der Waals surface area (Å²) in [6.45, 7) is 4.02. The minimum Gasteiger partial charge on any atom is -0.274 e. The Morgan fingerprint density at radius 1 is 0.909 bits per heavy atom. The maximum atomic E-state index is 12.6. The lowest BCUT2D eigenvalue weighted by Gasteiger charge is -2.15. The monoisotopic (exact) mass is 293 g/mol. The summed E-state index contributed by atoms with van der Waals surface area (Å²) in [4.78, 5) is 26.1. The number of carbonyl (C=O) groups is 2. The Morgan fingerprint density at radius 2 is 1.45 bits per heavy atom. The predicted octanol–water partition coefficient (Wildman–Crippen LogP) is 3.43. The van der Waals surface area contributed by atoms with Crippen LogP contribution >= 0.6 is 0 Å². The van der Waals surface area contributed by atoms with Gasteiger partial charge in [0.2, 0.25) is 11.8 Å². The average Bonchev–Trinajstić information content (AvgIpc) is 2.77. The smallest absolute Gasteiger partial charge is 0.237 e. The minimum absolute atomic E-state index is 0.0885. The lowest BCUT2D eigenvalue weighted by Crippen LogP contribution is -2.30. The molecule has 0 radical (unpaired) electrons. The standard InChI is InChI=1S/C19H19NO2/c1-13-3-7-15(8-4-13)11-16-12-18(21)20(19(16)22)17-9-5-14(2)6-10-17/h3-10,16H,11-12H2,1-2H3/t16-/m0/s1. The fraction of sp³-hybridized carbons (Fsp3) is 0.263. The van der Waals surface area contributed by atoms with Gasteiger partial charge < -0.3 is 0 Å². The third kappa shape index (κ3) is 2.80. The van der Waals surface area contributed by atoms with E-state index in [0.717, 1.165) is 11.1 Å². The molecule has 112 valence electrons. The quantitative estimate of drug-likeness (QED) is 0.813. The number of nitrogens with zero attached hydrogens (tertiary/aromatic N) is 1. The highest BCUT2D eigenvalue weighted by Crippen LogP contribution is 2.28. The molecule has 22 heavy (non-hydrogen) atoms. The second kappa shape index (κ2) is 5.76. The van der Waals surface area contributed by atoms with E-state index in [-0.39, 0.29) is 17.7 Å². The molecule has 0 spiro atoms. The molecule has 1 heterocycles. The normalized spacial score (nSPS) is 18.1. The number of carbonyl (C=O) groups excluding carboxylic acids is 2. The Labute approximate surface area is 130 Å². The maximum absolute atomic E-state index is 12.6. The molecule has 3 heteroatoms. The van der Waals surface area contributed by atoms with Crippen LogP contribution in [-0.4, -0.2) is 11.8 Å². The summed E-state index contributed by atoms with van der Waals surface area (Å²) in [6, 6.07) is 15.6. The zero-order chi connectivity index (χ0) is 15.7. The van der Waals surface area contributed by atoms with Crippen molar-refractivity contribution in [2.24, 2.45) is 5.92 Å². The molecule has 0 bridgehead atoms. The molecule has 0 saturated carbocycles. The Balaban J connectivity index is 1.79. The zero-order valence-electron chi connectivity index (χ0n) is 12.9. The Morgan fingerprint density at radius 3 is 2.05 bits per heavy atom. The van der Waals surface area contributed by atoms with Gasteiger partial charge in [0.25, 0.3) is 0 Å². The highest BCUT2D eigenvalue weighted by molar-refractivity contribution is 6.20. The van der Waals surface area contributed by atoms with Crippen LogP contribution in [0.25, 0.3) is 0 Å². The van der Waals surface area contributed by atoms with Gasteiger partial charge in [0, 0.05) is 6.42 Å². The fourth-order valence-corrected chi connectivity index (χ4v) is 2.83. The molecular formula is C19H19NO2. The van der Waals surface area contributed by atoms with E-state index in [4.69, 9.17) is 0 Å². The molecule has 3 rings (SSSR count). The molecule has 0 aromatic heterocycles. The van der Waals surface area contributed by atoms with E-state index < -0.39 is 0 Å². The largest absolute Gasteiger partial charge is 0.274 e. The lowest BCUT2D eigenvalue weighted by molar-refractivity contribution is -0.122. The van der Waals surface area contributed by atoms with Crippen LogP contribution in [0.15, 0.2) is 48.5 Å². The topological polar surface area (TPSA) is 37.4 Å². The van der Waals surface area contributed by atoms with Crippen LogP contribution in [0.5, 0.6) is 0 Å². The van der Waals surface area contributed by atoms with Gasteiger partial charge in [-0.25, -0.2) is 0 Å². The van der Waals surface area contributed by atoms with Crippen LogP contribution in [0.2, 0.25) is 0 Å². The summed E-state index contributed by atoms with van der Waals surface area (Å²) >= 11 is 0. The first-order valence-corrected chi connectivity index (χ1v) is 7.53. The molecular weight excluding hydrogens is 274 g/mol. The van der Waals surface area contributed by atoms with Gasteiger partial charge in [0.1, 0.15) is 0 Å². The number of benzene rings is 2. The Bertz CT molecular complexity index is 701. The second-order valence-electron chi connectivity index (χ2n) is 5.99. The van der Waals surface area contributed by atoms with Crippen LogP contribution in [-0.2, 0) is 16.0 Å². The molecule has 1 aliphatic heterocycles. The van der Waals surface area contributed by atoms with Crippen LogP contribution in [0.4, 0.5) is 5.69 Å². The third-order valence-corrected chi connectivity index (χ3v) is 4.13. The molecule has 2 aromatic rings. The van der Waals surface area contributed by atoms with Crippen molar-refractivity contribution < 1.29 is 9.59 Å². The summed E-state index contributed by atoms with van der Waals surface area (Å²) in [7, 11) is 0. The van der Waals surface area contributed by atoms with E-state index in [1.165, 1.54) is 10.5 Å². The van der Waals surface area contributed by atoms with Crippen molar-refractivity contribution in [3.8, 4) is 0 Å². The number of hydrogen-bond donors (Lipinski definition) is 0. The maximum Gasteiger partial charge on any atom is 0.237 e. The highest BCUT2D eigenvalue weighted by atomic mass is 16.2. The van der Waals surface area contributed by atoms with E-state index in [9.17, 15) is 9.59 Å². The van der Waals surface area contributed by atoms with Gasteiger partial charge in [-0.15, -0.1) is 0 Å². The molecule has 1 fully saturated rings.